The molecular weight excluding hydrogens is 190 g/mol. The minimum Gasteiger partial charge on any atom is -0.478 e. The summed E-state index contributed by atoms with van der Waals surface area (Å²) in [6.45, 7) is 4.69. The number of hydrogen-bond donors (Lipinski definition) is 1. The fourth-order valence-corrected chi connectivity index (χ4v) is 1.46. The first-order valence-corrected chi connectivity index (χ1v) is 5.45. The van der Waals surface area contributed by atoms with Crippen LogP contribution in [-0.4, -0.2) is 22.6 Å². The van der Waals surface area contributed by atoms with E-state index in [1.807, 2.05) is 13.0 Å². The van der Waals surface area contributed by atoms with Gasteiger partial charge in [0.25, 0.3) is 0 Å². The van der Waals surface area contributed by atoms with Crippen molar-refractivity contribution in [1.29, 1.82) is 0 Å². The van der Waals surface area contributed by atoms with Crippen molar-refractivity contribution in [2.45, 2.75) is 39.2 Å². The van der Waals surface area contributed by atoms with Gasteiger partial charge in [0.1, 0.15) is 6.33 Å². The molecule has 0 aliphatic carbocycles. The maximum Gasteiger partial charge on any atom is 0.216 e. The van der Waals surface area contributed by atoms with Crippen LogP contribution in [0.1, 0.15) is 32.4 Å². The van der Waals surface area contributed by atoms with Crippen LogP contribution in [0.15, 0.2) is 12.4 Å². The van der Waals surface area contributed by atoms with E-state index >= 15 is 0 Å². The van der Waals surface area contributed by atoms with Crippen LogP contribution < -0.4 is 10.5 Å². The van der Waals surface area contributed by atoms with Gasteiger partial charge < -0.3 is 10.5 Å². The summed E-state index contributed by atoms with van der Waals surface area (Å²) in [4.78, 5) is 8.18. The summed E-state index contributed by atoms with van der Waals surface area (Å²) in [5, 5.41) is 0. The third-order valence-electron chi connectivity index (χ3n) is 2.12. The van der Waals surface area contributed by atoms with Gasteiger partial charge in [-0.3, -0.25) is 0 Å². The molecule has 0 saturated heterocycles. The van der Waals surface area contributed by atoms with Crippen LogP contribution in [0.3, 0.4) is 0 Å². The average molecular weight is 209 g/mol. The number of aromatic nitrogens is 2. The molecule has 0 amide bonds. The van der Waals surface area contributed by atoms with Gasteiger partial charge in [-0.05, 0) is 13.3 Å². The molecule has 15 heavy (non-hydrogen) atoms. The highest BCUT2D eigenvalue weighted by Gasteiger charge is 2.05. The molecule has 2 N–H and O–H groups in total. The first kappa shape index (κ1) is 11.9. The Morgan fingerprint density at radius 2 is 2.20 bits per heavy atom. The molecule has 0 aromatic carbocycles. The highest BCUT2D eigenvalue weighted by molar-refractivity contribution is 5.14. The maximum atomic E-state index is 5.94. The molecule has 4 heteroatoms. The molecule has 1 aromatic rings. The van der Waals surface area contributed by atoms with Crippen LogP contribution in [0.25, 0.3) is 0 Å². The zero-order valence-corrected chi connectivity index (χ0v) is 9.44. The minimum absolute atomic E-state index is 0.180. The summed E-state index contributed by atoms with van der Waals surface area (Å²) in [5.41, 5.74) is 6.89. The Hall–Kier alpha value is -1.16. The highest BCUT2D eigenvalue weighted by Crippen LogP contribution is 2.09. The summed E-state index contributed by atoms with van der Waals surface area (Å²) in [5.74, 6) is 0.631. The van der Waals surface area contributed by atoms with Gasteiger partial charge in [-0.25, -0.2) is 9.97 Å². The van der Waals surface area contributed by atoms with Gasteiger partial charge >= 0.3 is 0 Å². The molecule has 1 atom stereocenters. The van der Waals surface area contributed by atoms with Crippen LogP contribution in [0, 0.1) is 0 Å². The van der Waals surface area contributed by atoms with Gasteiger partial charge in [0.15, 0.2) is 0 Å². The summed E-state index contributed by atoms with van der Waals surface area (Å²) in [6, 6.07) is 2.04. The van der Waals surface area contributed by atoms with Crippen LogP contribution in [-0.2, 0) is 6.42 Å². The molecule has 84 valence electrons. The van der Waals surface area contributed by atoms with E-state index < -0.39 is 0 Å². The summed E-state index contributed by atoms with van der Waals surface area (Å²) in [6.07, 6.45) is 4.44. The van der Waals surface area contributed by atoms with Crippen molar-refractivity contribution in [3.8, 4) is 5.88 Å². The normalized spacial score (nSPS) is 12.5. The predicted octanol–water partition coefficient (Wildman–Crippen LogP) is 1.55. The number of nitrogens with two attached hydrogens (primary N) is 1. The van der Waals surface area contributed by atoms with Crippen LogP contribution >= 0.6 is 0 Å². The van der Waals surface area contributed by atoms with E-state index in [0.29, 0.717) is 12.5 Å². The number of nitrogens with zero attached hydrogens (tertiary/aromatic N) is 2. The topological polar surface area (TPSA) is 61.0 Å². The number of hydrogen-bond acceptors (Lipinski definition) is 4. The van der Waals surface area contributed by atoms with Crippen molar-refractivity contribution in [1.82, 2.24) is 9.97 Å². The second-order valence-corrected chi connectivity index (χ2v) is 3.53. The van der Waals surface area contributed by atoms with Crippen LogP contribution in [0.4, 0.5) is 0 Å². The fourth-order valence-electron chi connectivity index (χ4n) is 1.46. The molecule has 1 heterocycles. The van der Waals surface area contributed by atoms with Gasteiger partial charge in [0.2, 0.25) is 5.88 Å². The summed E-state index contributed by atoms with van der Waals surface area (Å²) >= 11 is 0. The molecule has 0 aliphatic rings. The van der Waals surface area contributed by atoms with Crippen molar-refractivity contribution in [3.63, 3.8) is 0 Å². The average Bonchev–Trinajstić information content (AvgIpc) is 2.19. The molecule has 0 spiro atoms. The largest absolute Gasteiger partial charge is 0.478 e. The van der Waals surface area contributed by atoms with Crippen molar-refractivity contribution in [2.24, 2.45) is 5.73 Å². The van der Waals surface area contributed by atoms with Crippen molar-refractivity contribution < 1.29 is 4.74 Å². The SMILES string of the molecule is CCCC(N)Cc1cc(OCC)ncn1. The summed E-state index contributed by atoms with van der Waals surface area (Å²) < 4.78 is 5.30. The summed E-state index contributed by atoms with van der Waals surface area (Å²) in [7, 11) is 0. The van der Waals surface area contributed by atoms with E-state index in [0.717, 1.165) is 25.0 Å². The molecule has 0 radical (unpaired) electrons. The Morgan fingerprint density at radius 1 is 1.40 bits per heavy atom. The Labute approximate surface area is 90.9 Å². The van der Waals surface area contributed by atoms with Crippen molar-refractivity contribution >= 4 is 0 Å². The number of rotatable bonds is 6. The third kappa shape index (κ3) is 4.25. The molecule has 1 rings (SSSR count). The van der Waals surface area contributed by atoms with Crippen molar-refractivity contribution in [2.75, 3.05) is 6.61 Å². The number of ether oxygens (including phenoxy) is 1. The minimum atomic E-state index is 0.180. The molecule has 0 saturated carbocycles. The lowest BCUT2D eigenvalue weighted by atomic mass is 10.1. The van der Waals surface area contributed by atoms with Crippen LogP contribution in [0.5, 0.6) is 5.88 Å². The van der Waals surface area contributed by atoms with Crippen LogP contribution in [0.2, 0.25) is 0 Å². The Balaban J connectivity index is 2.56. The van der Waals surface area contributed by atoms with E-state index in [-0.39, 0.29) is 6.04 Å². The van der Waals surface area contributed by atoms with E-state index in [2.05, 4.69) is 16.9 Å². The molecule has 0 fully saturated rings. The highest BCUT2D eigenvalue weighted by atomic mass is 16.5. The Bertz CT molecular complexity index is 291. The van der Waals surface area contributed by atoms with E-state index in [1.165, 1.54) is 6.33 Å². The van der Waals surface area contributed by atoms with Gasteiger partial charge in [0, 0.05) is 24.2 Å². The fraction of sp³-hybridized carbons (Fsp3) is 0.636. The van der Waals surface area contributed by atoms with Gasteiger partial charge in [-0.1, -0.05) is 13.3 Å². The molecule has 0 aliphatic heterocycles. The third-order valence-corrected chi connectivity index (χ3v) is 2.12. The van der Waals surface area contributed by atoms with E-state index in [1.54, 1.807) is 0 Å². The first-order valence-electron chi connectivity index (χ1n) is 5.45. The second kappa shape index (κ2) is 6.35. The zero-order chi connectivity index (χ0) is 11.1. The van der Waals surface area contributed by atoms with Gasteiger partial charge in [-0.15, -0.1) is 0 Å². The smallest absolute Gasteiger partial charge is 0.216 e. The molecule has 1 aromatic heterocycles. The first-order chi connectivity index (χ1) is 7.26. The van der Waals surface area contributed by atoms with Gasteiger partial charge in [-0.2, -0.15) is 0 Å². The Morgan fingerprint density at radius 3 is 2.87 bits per heavy atom. The maximum absolute atomic E-state index is 5.94. The standard InChI is InChI=1S/C11H19N3O/c1-3-5-9(12)6-10-7-11(15-4-2)14-8-13-10/h7-9H,3-6,12H2,1-2H3. The predicted molar refractivity (Wildman–Crippen MR) is 59.8 cm³/mol. The molecular formula is C11H19N3O. The monoisotopic (exact) mass is 209 g/mol. The molecule has 0 bridgehead atoms. The zero-order valence-electron chi connectivity index (χ0n) is 9.44. The lowest BCUT2D eigenvalue weighted by molar-refractivity contribution is 0.325. The molecule has 4 nitrogen and oxygen atoms in total. The lowest BCUT2D eigenvalue weighted by Crippen LogP contribution is -2.22. The Kier molecular flexibility index (Phi) is 5.04. The van der Waals surface area contributed by atoms with Gasteiger partial charge in [0.05, 0.1) is 6.61 Å². The quantitative estimate of drug-likeness (QED) is 0.772. The van der Waals surface area contributed by atoms with Crippen molar-refractivity contribution in [3.05, 3.63) is 18.1 Å². The molecule has 1 unspecified atom stereocenters. The lowest BCUT2D eigenvalue weighted by Gasteiger charge is -2.09. The van der Waals surface area contributed by atoms with E-state index in [9.17, 15) is 0 Å². The second-order valence-electron chi connectivity index (χ2n) is 3.53. The van der Waals surface area contributed by atoms with E-state index in [4.69, 9.17) is 10.5 Å².